The zero-order valence-corrected chi connectivity index (χ0v) is 43.6. The molecule has 0 rings (SSSR count). The molecule has 0 aromatic carbocycles. The predicted molar refractivity (Wildman–Crippen MR) is 292 cm³/mol. The van der Waals surface area contributed by atoms with E-state index in [0.29, 0.717) is 12.8 Å². The Balaban J connectivity index is 4.59. The number of carbonyl (C=O) groups is 3. The van der Waals surface area contributed by atoms with Gasteiger partial charge in [-0.15, -0.1) is 0 Å². The molecule has 6 nitrogen and oxygen atoms in total. The van der Waals surface area contributed by atoms with E-state index in [4.69, 9.17) is 14.2 Å². The molecule has 1 unspecified atom stereocenters. The lowest BCUT2D eigenvalue weighted by atomic mass is 10.1. The van der Waals surface area contributed by atoms with Gasteiger partial charge >= 0.3 is 17.9 Å². The number of hydrogen-bond acceptors (Lipinski definition) is 6. The van der Waals surface area contributed by atoms with Crippen molar-refractivity contribution in [3.05, 3.63) is 134 Å². The van der Waals surface area contributed by atoms with Gasteiger partial charge in [0, 0.05) is 19.3 Å². The maximum Gasteiger partial charge on any atom is 0.306 e. The topological polar surface area (TPSA) is 78.9 Å². The van der Waals surface area contributed by atoms with Crippen LogP contribution in [-0.4, -0.2) is 37.2 Å². The van der Waals surface area contributed by atoms with Crippen molar-refractivity contribution < 1.29 is 28.6 Å². The van der Waals surface area contributed by atoms with Crippen molar-refractivity contribution in [2.24, 2.45) is 0 Å². The molecule has 0 aliphatic rings. The van der Waals surface area contributed by atoms with Crippen molar-refractivity contribution in [2.45, 2.75) is 226 Å². The third kappa shape index (κ3) is 52.5. The molecule has 0 radical (unpaired) electrons. The predicted octanol–water partition coefficient (Wildman–Crippen LogP) is 18.3. The first-order valence-corrected chi connectivity index (χ1v) is 27.3. The van der Waals surface area contributed by atoms with Crippen molar-refractivity contribution in [3.63, 3.8) is 0 Å². The van der Waals surface area contributed by atoms with E-state index in [9.17, 15) is 14.4 Å². The molecule has 0 saturated heterocycles. The van der Waals surface area contributed by atoms with Crippen molar-refractivity contribution in [1.82, 2.24) is 0 Å². The Hall–Kier alpha value is -4.45. The second-order valence-electron chi connectivity index (χ2n) is 17.6. The molecule has 0 aliphatic heterocycles. The van der Waals surface area contributed by atoms with Gasteiger partial charge in [-0.3, -0.25) is 14.4 Å². The monoisotopic (exact) mass is 939 g/mol. The van der Waals surface area contributed by atoms with Crippen LogP contribution in [0.4, 0.5) is 0 Å². The van der Waals surface area contributed by atoms with Gasteiger partial charge in [-0.1, -0.05) is 251 Å². The fraction of sp³-hybridized carbons (Fsp3) is 0.597. The Morgan fingerprint density at radius 3 is 1.13 bits per heavy atom. The smallest absolute Gasteiger partial charge is 0.306 e. The molecule has 0 fully saturated rings. The minimum absolute atomic E-state index is 0.130. The summed E-state index contributed by atoms with van der Waals surface area (Å²) in [5, 5.41) is 0. The van der Waals surface area contributed by atoms with Crippen molar-refractivity contribution in [2.75, 3.05) is 13.2 Å². The van der Waals surface area contributed by atoms with Gasteiger partial charge in [0.05, 0.1) is 0 Å². The van der Waals surface area contributed by atoms with Crippen molar-refractivity contribution in [1.29, 1.82) is 0 Å². The Bertz CT molecular complexity index is 1500. The largest absolute Gasteiger partial charge is 0.462 e. The summed E-state index contributed by atoms with van der Waals surface area (Å²) < 4.78 is 16.7. The Morgan fingerprint density at radius 2 is 0.662 bits per heavy atom. The van der Waals surface area contributed by atoms with E-state index in [-0.39, 0.29) is 50.4 Å². The minimum Gasteiger partial charge on any atom is -0.462 e. The Morgan fingerprint density at radius 1 is 0.324 bits per heavy atom. The fourth-order valence-electron chi connectivity index (χ4n) is 7.00. The first-order chi connectivity index (χ1) is 33.5. The number of esters is 3. The maximum atomic E-state index is 12.8. The van der Waals surface area contributed by atoms with Crippen LogP contribution in [0.15, 0.2) is 134 Å². The van der Waals surface area contributed by atoms with Gasteiger partial charge in [0.2, 0.25) is 0 Å². The summed E-state index contributed by atoms with van der Waals surface area (Å²) in [6, 6.07) is 0. The van der Waals surface area contributed by atoms with Crippen LogP contribution in [0.5, 0.6) is 0 Å². The molecular formula is C62H98O6. The van der Waals surface area contributed by atoms with Gasteiger partial charge in [-0.25, -0.2) is 0 Å². The Kier molecular flexibility index (Phi) is 51.5. The van der Waals surface area contributed by atoms with Crippen molar-refractivity contribution in [3.8, 4) is 0 Å². The van der Waals surface area contributed by atoms with E-state index >= 15 is 0 Å². The number of ether oxygens (including phenoxy) is 3. The molecular weight excluding hydrogens is 841 g/mol. The molecule has 0 N–H and O–H groups in total. The number of hydrogen-bond donors (Lipinski definition) is 0. The molecule has 382 valence electrons. The van der Waals surface area contributed by atoms with Crippen LogP contribution in [0.2, 0.25) is 0 Å². The summed E-state index contributed by atoms with van der Waals surface area (Å²) in [5.74, 6) is -1.06. The van der Waals surface area contributed by atoms with E-state index in [1.54, 1.807) is 0 Å². The lowest BCUT2D eigenvalue weighted by molar-refractivity contribution is -0.166. The number of carbonyl (C=O) groups excluding carboxylic acids is 3. The number of unbranched alkanes of at least 4 members (excludes halogenated alkanes) is 21. The zero-order chi connectivity index (χ0) is 49.3. The lowest BCUT2D eigenvalue weighted by Crippen LogP contribution is -2.30. The van der Waals surface area contributed by atoms with Gasteiger partial charge < -0.3 is 14.2 Å². The quantitative estimate of drug-likeness (QED) is 0.0199. The normalized spacial score (nSPS) is 13.2. The molecule has 0 bridgehead atoms. The molecule has 0 spiro atoms. The zero-order valence-electron chi connectivity index (χ0n) is 43.6. The van der Waals surface area contributed by atoms with Crippen LogP contribution in [0.25, 0.3) is 0 Å². The molecule has 0 aromatic rings. The third-order valence-electron chi connectivity index (χ3n) is 11.1. The SMILES string of the molecule is CC\C=C/C=C\C=C/C=C\C=C\C=C/C=C\CCCCCC(=O)OCC(COC(=O)CC/C=C\C/C=C\CCCCCCCC)OC(=O)CCCCCCC/C=C\C=C/CCCCCCCCC. The average molecular weight is 939 g/mol. The van der Waals surface area contributed by atoms with Gasteiger partial charge in [0.15, 0.2) is 6.10 Å². The molecule has 0 aliphatic carbocycles. The number of allylic oxidation sites excluding steroid dienone is 22. The standard InChI is InChI=1S/C62H98O6/c1-4-7-10-13-16-19-22-25-27-29-31-33-34-37-40-43-46-49-52-55-61(64)67-58-59(57-66-60(63)54-51-48-45-42-39-36-24-21-18-15-12-9-6-3)68-62(65)56-53-50-47-44-41-38-35-32-30-28-26-23-20-17-14-11-8-5-2/h7,10,13,16,19,22,25,27-37,39-40,45,48,59H,4-6,8-9,11-12,14-15,17-18,20-21,23-24,26,38,41-44,46-47,49-58H2,1-3H3/b10-7-,16-13-,22-19-,27-25-,30-28-,31-29+,34-33-,35-32-,39-36-,40-37-,48-45-. The summed E-state index contributed by atoms with van der Waals surface area (Å²) in [6.07, 6.45) is 77.3. The average Bonchev–Trinajstić information content (AvgIpc) is 3.34. The highest BCUT2D eigenvalue weighted by molar-refractivity contribution is 5.71. The summed E-state index contributed by atoms with van der Waals surface area (Å²) in [5.41, 5.74) is 0. The second kappa shape index (κ2) is 55.1. The van der Waals surface area contributed by atoms with Gasteiger partial charge in [-0.05, 0) is 83.5 Å². The molecule has 0 amide bonds. The van der Waals surface area contributed by atoms with E-state index in [2.05, 4.69) is 75.5 Å². The van der Waals surface area contributed by atoms with Crippen molar-refractivity contribution >= 4 is 17.9 Å². The minimum atomic E-state index is -0.833. The maximum absolute atomic E-state index is 12.8. The van der Waals surface area contributed by atoms with Crippen LogP contribution in [-0.2, 0) is 28.6 Å². The lowest BCUT2D eigenvalue weighted by Gasteiger charge is -2.18. The number of rotatable bonds is 47. The summed E-state index contributed by atoms with van der Waals surface area (Å²) in [4.78, 5) is 38.0. The highest BCUT2D eigenvalue weighted by atomic mass is 16.6. The Labute approximate surface area is 417 Å². The summed E-state index contributed by atoms with van der Waals surface area (Å²) in [7, 11) is 0. The second-order valence-corrected chi connectivity index (χ2v) is 17.6. The van der Waals surface area contributed by atoms with Gasteiger partial charge in [0.25, 0.3) is 0 Å². The van der Waals surface area contributed by atoms with E-state index in [0.717, 1.165) is 77.0 Å². The first-order valence-electron chi connectivity index (χ1n) is 27.3. The third-order valence-corrected chi connectivity index (χ3v) is 11.1. The van der Waals surface area contributed by atoms with E-state index in [1.165, 1.54) is 89.9 Å². The first kappa shape index (κ1) is 63.5. The van der Waals surface area contributed by atoms with Crippen LogP contribution in [0.3, 0.4) is 0 Å². The molecule has 6 heteroatoms. The van der Waals surface area contributed by atoms with Gasteiger partial charge in [-0.2, -0.15) is 0 Å². The molecule has 0 heterocycles. The highest BCUT2D eigenvalue weighted by Crippen LogP contribution is 2.13. The molecule has 0 saturated carbocycles. The molecule has 0 aromatic heterocycles. The highest BCUT2D eigenvalue weighted by Gasteiger charge is 2.19. The molecule has 1 atom stereocenters. The van der Waals surface area contributed by atoms with E-state index in [1.807, 2.05) is 79.0 Å². The van der Waals surface area contributed by atoms with Crippen LogP contribution < -0.4 is 0 Å². The van der Waals surface area contributed by atoms with Crippen LogP contribution in [0, 0.1) is 0 Å². The summed E-state index contributed by atoms with van der Waals surface area (Å²) >= 11 is 0. The molecule has 68 heavy (non-hydrogen) atoms. The van der Waals surface area contributed by atoms with Gasteiger partial charge in [0.1, 0.15) is 13.2 Å². The van der Waals surface area contributed by atoms with Crippen LogP contribution in [0.1, 0.15) is 220 Å². The fourth-order valence-corrected chi connectivity index (χ4v) is 7.00. The van der Waals surface area contributed by atoms with E-state index < -0.39 is 6.10 Å². The summed E-state index contributed by atoms with van der Waals surface area (Å²) in [6.45, 7) is 6.36. The van der Waals surface area contributed by atoms with Crippen LogP contribution >= 0.6 is 0 Å².